The van der Waals surface area contributed by atoms with Crippen molar-refractivity contribution < 1.29 is 9.53 Å². The lowest BCUT2D eigenvalue weighted by Gasteiger charge is -2.52. The summed E-state index contributed by atoms with van der Waals surface area (Å²) in [6, 6.07) is 3.56. The number of likely N-dealkylation sites (tertiary alicyclic amines) is 1. The highest BCUT2D eigenvalue weighted by atomic mass is 32.1. The van der Waals surface area contributed by atoms with Crippen LogP contribution in [0.4, 0.5) is 0 Å². The SMILES string of the molecule is Cc1ncsc1CN1CC2(CC[C@@H](CNC(=O)c3cccnc3)CO2)C1. The molecule has 2 fully saturated rings. The monoisotopic (exact) mass is 372 g/mol. The first-order chi connectivity index (χ1) is 12.6. The van der Waals surface area contributed by atoms with Crippen molar-refractivity contribution in [1.29, 1.82) is 0 Å². The molecular formula is C19H24N4O2S. The molecule has 2 aromatic heterocycles. The Morgan fingerprint density at radius 1 is 1.50 bits per heavy atom. The van der Waals surface area contributed by atoms with E-state index in [4.69, 9.17) is 4.74 Å². The van der Waals surface area contributed by atoms with Crippen LogP contribution in [-0.2, 0) is 11.3 Å². The lowest BCUT2D eigenvalue weighted by Crippen LogP contribution is -2.64. The third-order valence-electron chi connectivity index (χ3n) is 5.34. The molecule has 4 heterocycles. The number of ether oxygens (including phenoxy) is 1. The molecule has 2 aliphatic heterocycles. The van der Waals surface area contributed by atoms with Crippen LogP contribution in [0.2, 0.25) is 0 Å². The first-order valence-corrected chi connectivity index (χ1v) is 9.95. The summed E-state index contributed by atoms with van der Waals surface area (Å²) in [6.07, 6.45) is 5.43. The van der Waals surface area contributed by atoms with Crippen molar-refractivity contribution in [3.63, 3.8) is 0 Å². The summed E-state index contributed by atoms with van der Waals surface area (Å²) in [4.78, 5) is 24.2. The Kier molecular flexibility index (Phi) is 5.02. The Labute approximate surface area is 157 Å². The molecule has 26 heavy (non-hydrogen) atoms. The lowest BCUT2D eigenvalue weighted by molar-refractivity contribution is -0.181. The molecule has 4 rings (SSSR count). The average Bonchev–Trinajstić information content (AvgIpc) is 3.05. The molecule has 2 aromatic rings. The van der Waals surface area contributed by atoms with E-state index in [1.807, 2.05) is 5.51 Å². The second-order valence-corrected chi connectivity index (χ2v) is 8.30. The summed E-state index contributed by atoms with van der Waals surface area (Å²) in [6.45, 7) is 6.43. The van der Waals surface area contributed by atoms with Gasteiger partial charge in [0.2, 0.25) is 0 Å². The van der Waals surface area contributed by atoms with Crippen LogP contribution in [0.15, 0.2) is 30.0 Å². The van der Waals surface area contributed by atoms with Gasteiger partial charge in [0.1, 0.15) is 0 Å². The quantitative estimate of drug-likeness (QED) is 0.872. The molecule has 0 aliphatic carbocycles. The molecular weight excluding hydrogens is 348 g/mol. The van der Waals surface area contributed by atoms with Crippen LogP contribution < -0.4 is 5.32 Å². The number of thiazole rings is 1. The van der Waals surface area contributed by atoms with E-state index in [1.165, 1.54) is 4.88 Å². The van der Waals surface area contributed by atoms with E-state index in [-0.39, 0.29) is 11.5 Å². The molecule has 0 unspecified atom stereocenters. The number of amides is 1. The standard InChI is InChI=1S/C19H24N4O2S/c1-14-17(26-13-22-14)9-23-11-19(12-23)5-4-15(10-25-19)7-21-18(24)16-3-2-6-20-8-16/h2-3,6,8,13,15H,4-5,7,9-12H2,1H3,(H,21,24)/t15-/m0/s1. The Hall–Kier alpha value is -1.83. The first kappa shape index (κ1) is 17.6. The van der Waals surface area contributed by atoms with E-state index in [2.05, 4.69) is 27.1 Å². The molecule has 0 saturated carbocycles. The van der Waals surface area contributed by atoms with Crippen LogP contribution in [0.1, 0.15) is 33.8 Å². The highest BCUT2D eigenvalue weighted by Crippen LogP contribution is 2.37. The summed E-state index contributed by atoms with van der Waals surface area (Å²) >= 11 is 1.73. The van der Waals surface area contributed by atoms with Gasteiger partial charge in [-0.05, 0) is 37.8 Å². The normalized spacial score (nSPS) is 22.1. The summed E-state index contributed by atoms with van der Waals surface area (Å²) < 4.78 is 6.21. The van der Waals surface area contributed by atoms with Crippen LogP contribution in [-0.4, -0.2) is 52.6 Å². The van der Waals surface area contributed by atoms with E-state index >= 15 is 0 Å². The number of hydrogen-bond donors (Lipinski definition) is 1. The molecule has 1 amide bonds. The molecule has 2 saturated heterocycles. The summed E-state index contributed by atoms with van der Waals surface area (Å²) in [5.74, 6) is 0.326. The van der Waals surface area contributed by atoms with Gasteiger partial charge in [0, 0.05) is 43.4 Å². The summed E-state index contributed by atoms with van der Waals surface area (Å²) in [7, 11) is 0. The van der Waals surface area contributed by atoms with Crippen molar-refractivity contribution >= 4 is 17.2 Å². The number of aromatic nitrogens is 2. The fourth-order valence-corrected chi connectivity index (χ4v) is 4.54. The fourth-order valence-electron chi connectivity index (χ4n) is 3.73. The van der Waals surface area contributed by atoms with Gasteiger partial charge in [0.05, 0.1) is 29.0 Å². The minimum atomic E-state index is -0.0619. The van der Waals surface area contributed by atoms with Crippen molar-refractivity contribution in [2.24, 2.45) is 5.92 Å². The van der Waals surface area contributed by atoms with Gasteiger partial charge in [0.15, 0.2) is 0 Å². The van der Waals surface area contributed by atoms with Gasteiger partial charge in [-0.15, -0.1) is 11.3 Å². The zero-order valence-corrected chi connectivity index (χ0v) is 15.8. The predicted molar refractivity (Wildman–Crippen MR) is 100 cm³/mol. The minimum absolute atomic E-state index is 0.0302. The van der Waals surface area contributed by atoms with Crippen LogP contribution in [0.25, 0.3) is 0 Å². The second kappa shape index (κ2) is 7.42. The maximum absolute atomic E-state index is 12.1. The van der Waals surface area contributed by atoms with Gasteiger partial charge in [-0.3, -0.25) is 14.7 Å². The molecule has 2 aliphatic rings. The number of pyridine rings is 1. The molecule has 1 spiro atoms. The predicted octanol–water partition coefficient (Wildman–Crippen LogP) is 2.26. The average molecular weight is 372 g/mol. The zero-order chi connectivity index (χ0) is 18.0. The van der Waals surface area contributed by atoms with Crippen molar-refractivity contribution in [1.82, 2.24) is 20.2 Å². The molecule has 0 radical (unpaired) electrons. The van der Waals surface area contributed by atoms with E-state index in [0.29, 0.717) is 18.0 Å². The largest absolute Gasteiger partial charge is 0.372 e. The fraction of sp³-hybridized carbons (Fsp3) is 0.526. The highest BCUT2D eigenvalue weighted by molar-refractivity contribution is 7.09. The Morgan fingerprint density at radius 3 is 3.04 bits per heavy atom. The zero-order valence-electron chi connectivity index (χ0n) is 15.0. The molecule has 0 bridgehead atoms. The molecule has 6 nitrogen and oxygen atoms in total. The van der Waals surface area contributed by atoms with Gasteiger partial charge < -0.3 is 10.1 Å². The number of nitrogens with one attached hydrogen (secondary N) is 1. The maximum Gasteiger partial charge on any atom is 0.252 e. The van der Waals surface area contributed by atoms with E-state index < -0.39 is 0 Å². The van der Waals surface area contributed by atoms with Crippen molar-refractivity contribution in [3.8, 4) is 0 Å². The van der Waals surface area contributed by atoms with Crippen LogP contribution in [0.3, 0.4) is 0 Å². The van der Waals surface area contributed by atoms with Gasteiger partial charge in [-0.1, -0.05) is 0 Å². The molecule has 0 aromatic carbocycles. The third-order valence-corrected chi connectivity index (χ3v) is 6.26. The Morgan fingerprint density at radius 2 is 2.38 bits per heavy atom. The third kappa shape index (κ3) is 3.79. The Bertz CT molecular complexity index is 748. The molecule has 7 heteroatoms. The smallest absolute Gasteiger partial charge is 0.252 e. The maximum atomic E-state index is 12.1. The summed E-state index contributed by atoms with van der Waals surface area (Å²) in [5, 5.41) is 3.00. The molecule has 138 valence electrons. The summed E-state index contributed by atoms with van der Waals surface area (Å²) in [5.41, 5.74) is 3.70. The number of rotatable bonds is 5. The van der Waals surface area contributed by atoms with Gasteiger partial charge in [0.25, 0.3) is 5.91 Å². The highest BCUT2D eigenvalue weighted by Gasteiger charge is 2.46. The number of carbonyl (C=O) groups is 1. The molecule has 1 atom stereocenters. The van der Waals surface area contributed by atoms with Crippen molar-refractivity contribution in [2.45, 2.75) is 31.9 Å². The number of carbonyl (C=O) groups excluding carboxylic acids is 1. The van der Waals surface area contributed by atoms with Gasteiger partial charge >= 0.3 is 0 Å². The van der Waals surface area contributed by atoms with E-state index in [0.717, 1.165) is 44.8 Å². The molecule has 1 N–H and O–H groups in total. The number of hydrogen-bond acceptors (Lipinski definition) is 6. The van der Waals surface area contributed by atoms with Gasteiger partial charge in [-0.2, -0.15) is 0 Å². The van der Waals surface area contributed by atoms with Gasteiger partial charge in [-0.25, -0.2) is 4.98 Å². The van der Waals surface area contributed by atoms with Crippen LogP contribution >= 0.6 is 11.3 Å². The Balaban J connectivity index is 1.19. The lowest BCUT2D eigenvalue weighted by atomic mass is 9.83. The van der Waals surface area contributed by atoms with Crippen molar-refractivity contribution in [3.05, 3.63) is 46.2 Å². The van der Waals surface area contributed by atoms with E-state index in [9.17, 15) is 4.79 Å². The van der Waals surface area contributed by atoms with E-state index in [1.54, 1.807) is 35.9 Å². The minimum Gasteiger partial charge on any atom is -0.372 e. The van der Waals surface area contributed by atoms with Crippen molar-refractivity contribution in [2.75, 3.05) is 26.2 Å². The second-order valence-electron chi connectivity index (χ2n) is 7.36. The topological polar surface area (TPSA) is 67.4 Å². The first-order valence-electron chi connectivity index (χ1n) is 9.07. The number of nitrogens with zero attached hydrogens (tertiary/aromatic N) is 3. The van der Waals surface area contributed by atoms with Crippen LogP contribution in [0.5, 0.6) is 0 Å². The van der Waals surface area contributed by atoms with Crippen LogP contribution in [0, 0.1) is 12.8 Å². The number of aryl methyl sites for hydroxylation is 1.